The van der Waals surface area contributed by atoms with Crippen molar-refractivity contribution in [3.63, 3.8) is 0 Å². The first-order chi connectivity index (χ1) is 14.7. The largest absolute Gasteiger partial charge is 0.489 e. The van der Waals surface area contributed by atoms with Gasteiger partial charge in [0.15, 0.2) is 0 Å². The number of esters is 1. The summed E-state index contributed by atoms with van der Waals surface area (Å²) in [5, 5.41) is 3.36. The molecular formula is C26H27NO3. The lowest BCUT2D eigenvalue weighted by molar-refractivity contribution is -0.137. The maximum Gasteiger partial charge on any atom is 0.332 e. The van der Waals surface area contributed by atoms with E-state index in [0.717, 1.165) is 28.1 Å². The molecule has 154 valence electrons. The summed E-state index contributed by atoms with van der Waals surface area (Å²) in [6, 6.07) is 28.1. The van der Waals surface area contributed by atoms with E-state index < -0.39 is 0 Å². The van der Waals surface area contributed by atoms with Crippen molar-refractivity contribution < 1.29 is 14.3 Å². The fraction of sp³-hybridized carbons (Fsp3) is 0.192. The van der Waals surface area contributed by atoms with Gasteiger partial charge in [-0.25, -0.2) is 4.79 Å². The molecule has 30 heavy (non-hydrogen) atoms. The molecule has 0 aromatic heterocycles. The Morgan fingerprint density at radius 2 is 1.47 bits per heavy atom. The molecule has 0 spiro atoms. The van der Waals surface area contributed by atoms with Crippen LogP contribution in [0.3, 0.4) is 0 Å². The van der Waals surface area contributed by atoms with Crippen molar-refractivity contribution in [3.8, 4) is 5.75 Å². The van der Waals surface area contributed by atoms with Crippen LogP contribution >= 0.6 is 0 Å². The van der Waals surface area contributed by atoms with Gasteiger partial charge in [-0.05, 0) is 35.7 Å². The fourth-order valence-electron chi connectivity index (χ4n) is 2.97. The molecule has 1 N–H and O–H groups in total. The molecule has 4 heteroatoms. The number of allylic oxidation sites excluding steroid dienone is 1. The summed E-state index contributed by atoms with van der Waals surface area (Å²) >= 11 is 0. The summed E-state index contributed by atoms with van der Waals surface area (Å²) in [6.07, 6.45) is 2.14. The van der Waals surface area contributed by atoms with E-state index in [1.54, 1.807) is 6.92 Å². The van der Waals surface area contributed by atoms with Gasteiger partial charge in [-0.2, -0.15) is 0 Å². The molecule has 0 aliphatic carbocycles. The maximum atomic E-state index is 12.0. The van der Waals surface area contributed by atoms with Crippen LogP contribution in [0.5, 0.6) is 5.75 Å². The van der Waals surface area contributed by atoms with Crippen LogP contribution in [-0.2, 0) is 29.1 Å². The smallest absolute Gasteiger partial charge is 0.332 e. The van der Waals surface area contributed by atoms with Gasteiger partial charge in [-0.15, -0.1) is 0 Å². The van der Waals surface area contributed by atoms with Gasteiger partial charge in [0.1, 0.15) is 12.4 Å². The van der Waals surface area contributed by atoms with Gasteiger partial charge >= 0.3 is 5.97 Å². The maximum absolute atomic E-state index is 12.0. The van der Waals surface area contributed by atoms with Crippen LogP contribution < -0.4 is 10.1 Å². The van der Waals surface area contributed by atoms with E-state index in [-0.39, 0.29) is 5.97 Å². The molecule has 0 aliphatic rings. The van der Waals surface area contributed by atoms with E-state index in [1.807, 2.05) is 84.9 Å². The van der Waals surface area contributed by atoms with Gasteiger partial charge in [0.2, 0.25) is 0 Å². The number of hydrogen-bond donors (Lipinski definition) is 1. The van der Waals surface area contributed by atoms with Gasteiger partial charge in [-0.3, -0.25) is 0 Å². The first-order valence-corrected chi connectivity index (χ1v) is 10.1. The topological polar surface area (TPSA) is 47.6 Å². The lowest BCUT2D eigenvalue weighted by Gasteiger charge is -2.12. The van der Waals surface area contributed by atoms with E-state index >= 15 is 0 Å². The second-order valence-corrected chi connectivity index (χ2v) is 6.86. The molecular weight excluding hydrogens is 374 g/mol. The van der Waals surface area contributed by atoms with Gasteiger partial charge < -0.3 is 14.8 Å². The summed E-state index contributed by atoms with van der Waals surface area (Å²) in [7, 11) is 0. The summed E-state index contributed by atoms with van der Waals surface area (Å²) in [5.74, 6) is 0.478. The molecule has 0 atom stereocenters. The van der Waals surface area contributed by atoms with E-state index in [1.165, 1.54) is 6.08 Å². The molecule has 0 fully saturated rings. The highest BCUT2D eigenvalue weighted by atomic mass is 16.5. The number of carbonyl (C=O) groups excluding carboxylic acids is 1. The molecule has 4 nitrogen and oxygen atoms in total. The Balaban J connectivity index is 1.61. The van der Waals surface area contributed by atoms with Crippen LogP contribution in [0.25, 0.3) is 0 Å². The molecule has 0 aliphatic heterocycles. The van der Waals surface area contributed by atoms with Crippen molar-refractivity contribution in [3.05, 3.63) is 113 Å². The quantitative estimate of drug-likeness (QED) is 0.382. The van der Waals surface area contributed by atoms with Crippen molar-refractivity contribution in [1.29, 1.82) is 0 Å². The Kier molecular flexibility index (Phi) is 8.10. The van der Waals surface area contributed by atoms with Crippen LogP contribution in [0.2, 0.25) is 0 Å². The van der Waals surface area contributed by atoms with Gasteiger partial charge in [0.05, 0.1) is 6.61 Å². The normalized spacial score (nSPS) is 11.0. The highest BCUT2D eigenvalue weighted by Gasteiger charge is 2.06. The highest BCUT2D eigenvalue weighted by Crippen LogP contribution is 2.16. The third kappa shape index (κ3) is 7.13. The lowest BCUT2D eigenvalue weighted by atomic mass is 10.1. The zero-order chi connectivity index (χ0) is 21.0. The first-order valence-electron chi connectivity index (χ1n) is 10.1. The molecule has 3 rings (SSSR count). The molecule has 0 unspecified atom stereocenters. The monoisotopic (exact) mass is 401 g/mol. The van der Waals surface area contributed by atoms with Gasteiger partial charge in [0, 0.05) is 24.7 Å². The zero-order valence-electron chi connectivity index (χ0n) is 17.2. The number of ether oxygens (including phenoxy) is 2. The average Bonchev–Trinajstić information content (AvgIpc) is 2.78. The zero-order valence-corrected chi connectivity index (χ0v) is 17.2. The van der Waals surface area contributed by atoms with Crippen LogP contribution in [0.15, 0.2) is 96.7 Å². The van der Waals surface area contributed by atoms with Crippen molar-refractivity contribution in [1.82, 2.24) is 5.32 Å². The van der Waals surface area contributed by atoms with E-state index in [0.29, 0.717) is 26.2 Å². The SMILES string of the molecule is CCOC(=O)/C=C(/Cc1ccc(OCc2ccccc2)cc1)NCc1ccccc1. The lowest BCUT2D eigenvalue weighted by Crippen LogP contribution is -2.17. The Labute approximate surface area is 178 Å². The predicted molar refractivity (Wildman–Crippen MR) is 119 cm³/mol. The molecule has 0 saturated heterocycles. The summed E-state index contributed by atoms with van der Waals surface area (Å²) in [5.41, 5.74) is 4.18. The fourth-order valence-corrected chi connectivity index (χ4v) is 2.97. The summed E-state index contributed by atoms with van der Waals surface area (Å²) in [6.45, 7) is 3.34. The molecule has 0 bridgehead atoms. The Hall–Kier alpha value is -3.53. The van der Waals surface area contributed by atoms with Crippen molar-refractivity contribution in [2.24, 2.45) is 0 Å². The third-order valence-electron chi connectivity index (χ3n) is 4.51. The van der Waals surface area contributed by atoms with Crippen molar-refractivity contribution >= 4 is 5.97 Å². The highest BCUT2D eigenvalue weighted by molar-refractivity contribution is 5.82. The Bertz CT molecular complexity index is 935. The van der Waals surface area contributed by atoms with Crippen molar-refractivity contribution in [2.75, 3.05) is 6.61 Å². The van der Waals surface area contributed by atoms with Gasteiger partial charge in [-0.1, -0.05) is 72.8 Å². The summed E-state index contributed by atoms with van der Waals surface area (Å²) in [4.78, 5) is 12.0. The van der Waals surface area contributed by atoms with Crippen molar-refractivity contribution in [2.45, 2.75) is 26.5 Å². The Morgan fingerprint density at radius 1 is 0.833 bits per heavy atom. The number of nitrogens with one attached hydrogen (secondary N) is 1. The van der Waals surface area contributed by atoms with E-state index in [2.05, 4.69) is 5.32 Å². The van der Waals surface area contributed by atoms with Crippen LogP contribution in [-0.4, -0.2) is 12.6 Å². The minimum Gasteiger partial charge on any atom is -0.489 e. The first kappa shape index (κ1) is 21.2. The molecule has 3 aromatic rings. The number of benzene rings is 3. The van der Waals surface area contributed by atoms with Crippen LogP contribution in [0.1, 0.15) is 23.6 Å². The number of rotatable bonds is 10. The molecule has 0 radical (unpaired) electrons. The van der Waals surface area contributed by atoms with Gasteiger partial charge in [0.25, 0.3) is 0 Å². The summed E-state index contributed by atoms with van der Waals surface area (Å²) < 4.78 is 10.9. The standard InChI is InChI=1S/C26H27NO3/c1-2-29-26(28)18-24(27-19-22-9-5-3-6-10-22)17-21-13-15-25(16-14-21)30-20-23-11-7-4-8-12-23/h3-16,18,27H,2,17,19-20H2,1H3/b24-18-. The van der Waals surface area contributed by atoms with E-state index in [4.69, 9.17) is 9.47 Å². The molecule has 0 saturated carbocycles. The number of hydrogen-bond acceptors (Lipinski definition) is 4. The molecule has 3 aromatic carbocycles. The molecule has 0 heterocycles. The Morgan fingerprint density at radius 3 is 2.10 bits per heavy atom. The second kappa shape index (κ2) is 11.5. The minimum atomic E-state index is -0.337. The third-order valence-corrected chi connectivity index (χ3v) is 4.51. The average molecular weight is 402 g/mol. The predicted octanol–water partition coefficient (Wildman–Crippen LogP) is 5.04. The minimum absolute atomic E-state index is 0.337. The van der Waals surface area contributed by atoms with Crippen LogP contribution in [0.4, 0.5) is 0 Å². The number of carbonyl (C=O) groups is 1. The van der Waals surface area contributed by atoms with E-state index in [9.17, 15) is 4.79 Å². The van der Waals surface area contributed by atoms with Crippen LogP contribution in [0, 0.1) is 0 Å². The molecule has 0 amide bonds. The second-order valence-electron chi connectivity index (χ2n) is 6.86.